The van der Waals surface area contributed by atoms with Crippen LogP contribution >= 0.6 is 0 Å². The van der Waals surface area contributed by atoms with Gasteiger partial charge in [-0.2, -0.15) is 0 Å². The number of rotatable bonds is 5. The Balaban J connectivity index is 1.68. The highest BCUT2D eigenvalue weighted by atomic mass is 32.2. The van der Waals surface area contributed by atoms with E-state index in [4.69, 9.17) is 5.73 Å². The number of hydrogen-bond acceptors (Lipinski definition) is 5. The largest absolute Gasteiger partial charge is 0.328 e. The average Bonchev–Trinajstić information content (AvgIpc) is 3.23. The zero-order valence-corrected chi connectivity index (χ0v) is 21.3. The summed E-state index contributed by atoms with van der Waals surface area (Å²) in [6.07, 6.45) is 5.05. The van der Waals surface area contributed by atoms with E-state index in [2.05, 4.69) is 9.97 Å². The number of hydrogen-bond donors (Lipinski definition) is 1. The van der Waals surface area contributed by atoms with Gasteiger partial charge in [-0.3, -0.25) is 0 Å². The molecule has 10 heteroatoms. The van der Waals surface area contributed by atoms with Crippen molar-refractivity contribution in [1.29, 1.82) is 0 Å². The average molecular weight is 529 g/mol. The quantitative estimate of drug-likeness (QED) is 0.373. The lowest BCUT2D eigenvalue weighted by Crippen LogP contribution is -2.29. The van der Waals surface area contributed by atoms with Crippen molar-refractivity contribution in [3.8, 4) is 11.4 Å². The lowest BCUT2D eigenvalue weighted by Gasteiger charge is -2.26. The van der Waals surface area contributed by atoms with Gasteiger partial charge in [0.25, 0.3) is 10.0 Å². The van der Waals surface area contributed by atoms with Crippen LogP contribution in [-0.4, -0.2) is 28.4 Å². The van der Waals surface area contributed by atoms with E-state index >= 15 is 8.78 Å². The monoisotopic (exact) mass is 528 g/mol. The van der Waals surface area contributed by atoms with Crippen LogP contribution in [-0.2, 0) is 16.4 Å². The molecule has 2 aromatic heterocycles. The summed E-state index contributed by atoms with van der Waals surface area (Å²) in [4.78, 5) is 8.61. The van der Waals surface area contributed by atoms with E-state index < -0.39 is 27.5 Å². The van der Waals surface area contributed by atoms with Crippen LogP contribution in [0.1, 0.15) is 42.6 Å². The van der Waals surface area contributed by atoms with Crippen molar-refractivity contribution in [3.05, 3.63) is 77.0 Å². The minimum atomic E-state index is -4.25. The maximum atomic E-state index is 15.1. The van der Waals surface area contributed by atoms with Gasteiger partial charge < -0.3 is 5.73 Å². The van der Waals surface area contributed by atoms with E-state index in [9.17, 15) is 12.8 Å². The number of aryl methyl sites for hydroxylation is 2. The van der Waals surface area contributed by atoms with Gasteiger partial charge in [-0.15, -0.1) is 0 Å². The predicted octanol–water partition coefficient (Wildman–Crippen LogP) is 5.43. The Hall–Kier alpha value is -3.24. The van der Waals surface area contributed by atoms with Gasteiger partial charge in [-0.25, -0.2) is 35.5 Å². The summed E-state index contributed by atoms with van der Waals surface area (Å²) in [6.45, 7) is 3.30. The molecule has 4 aromatic rings. The second-order valence-corrected chi connectivity index (χ2v) is 11.6. The van der Waals surface area contributed by atoms with Gasteiger partial charge >= 0.3 is 0 Å². The van der Waals surface area contributed by atoms with Crippen molar-refractivity contribution in [2.45, 2.75) is 56.9 Å². The molecule has 0 aliphatic heterocycles. The molecule has 0 saturated heterocycles. The van der Waals surface area contributed by atoms with Gasteiger partial charge in [0.05, 0.1) is 16.3 Å². The van der Waals surface area contributed by atoms with Gasteiger partial charge in [0, 0.05) is 29.3 Å². The van der Waals surface area contributed by atoms with Crippen LogP contribution in [0.2, 0.25) is 0 Å². The van der Waals surface area contributed by atoms with Gasteiger partial charge in [0.2, 0.25) is 0 Å². The fourth-order valence-electron chi connectivity index (χ4n) is 5.10. The third-order valence-electron chi connectivity index (χ3n) is 6.99. The molecule has 2 heterocycles. The molecule has 2 atom stereocenters. The summed E-state index contributed by atoms with van der Waals surface area (Å²) in [7, 11) is -4.25. The molecule has 0 radical (unpaired) electrons. The third kappa shape index (κ3) is 4.75. The number of halogens is 3. The normalized spacial score (nSPS) is 18.4. The molecule has 37 heavy (non-hydrogen) atoms. The molecule has 0 bridgehead atoms. The molecule has 1 fully saturated rings. The zero-order chi connectivity index (χ0) is 26.5. The second kappa shape index (κ2) is 9.57. The lowest BCUT2D eigenvalue weighted by atomic mass is 9.83. The van der Waals surface area contributed by atoms with E-state index in [1.807, 2.05) is 6.92 Å². The molecule has 5 rings (SSSR count). The Labute approximate surface area is 213 Å². The van der Waals surface area contributed by atoms with Crippen LogP contribution in [0, 0.1) is 37.2 Å². The first-order valence-corrected chi connectivity index (χ1v) is 13.6. The fourth-order valence-corrected chi connectivity index (χ4v) is 6.48. The molecule has 2 aromatic carbocycles. The van der Waals surface area contributed by atoms with E-state index in [1.54, 1.807) is 12.1 Å². The molecule has 194 valence electrons. The lowest BCUT2D eigenvalue weighted by molar-refractivity contribution is 0.315. The molecule has 0 amide bonds. The standard InChI is InChI=1S/C27H27F3N4O2S/c1-15-6-8-20(9-7-15)37(35,36)34-14-22(21-12-18(28)13-23(29)26(21)34)27-32-16(2)25(30)24(33-27)11-17-4-3-5-19(31)10-17/h6-9,12-14,17,19H,3-5,10-11,31H2,1-2H3/t17-,19+/m0/s1. The summed E-state index contributed by atoms with van der Waals surface area (Å²) in [6, 6.07) is 7.82. The summed E-state index contributed by atoms with van der Waals surface area (Å²) in [5.41, 5.74) is 6.96. The maximum absolute atomic E-state index is 15.1. The Kier molecular flexibility index (Phi) is 6.57. The first kappa shape index (κ1) is 25.4. The van der Waals surface area contributed by atoms with Crippen molar-refractivity contribution in [1.82, 2.24) is 13.9 Å². The zero-order valence-electron chi connectivity index (χ0n) is 20.5. The molecule has 1 aliphatic carbocycles. The molecule has 2 N–H and O–H groups in total. The molecular formula is C27H27F3N4O2S. The molecule has 1 aliphatic rings. The molecule has 1 saturated carbocycles. The van der Waals surface area contributed by atoms with Crippen LogP contribution in [0.3, 0.4) is 0 Å². The topological polar surface area (TPSA) is 90.9 Å². The summed E-state index contributed by atoms with van der Waals surface area (Å²) >= 11 is 0. The summed E-state index contributed by atoms with van der Waals surface area (Å²) in [5, 5.41) is -0.0233. The van der Waals surface area contributed by atoms with Crippen molar-refractivity contribution < 1.29 is 21.6 Å². The fraction of sp³-hybridized carbons (Fsp3) is 0.333. The third-order valence-corrected chi connectivity index (χ3v) is 8.67. The highest BCUT2D eigenvalue weighted by Gasteiger charge is 2.27. The number of nitrogens with zero attached hydrogens (tertiary/aromatic N) is 3. The molecule has 0 spiro atoms. The Bertz CT molecular complexity index is 1600. The van der Waals surface area contributed by atoms with Crippen molar-refractivity contribution in [3.63, 3.8) is 0 Å². The Morgan fingerprint density at radius 1 is 1.05 bits per heavy atom. The van der Waals surface area contributed by atoms with Crippen molar-refractivity contribution in [2.75, 3.05) is 0 Å². The summed E-state index contributed by atoms with van der Waals surface area (Å²) in [5.74, 6) is -2.32. The smallest absolute Gasteiger partial charge is 0.268 e. The van der Waals surface area contributed by atoms with Gasteiger partial charge in [-0.1, -0.05) is 24.1 Å². The highest BCUT2D eigenvalue weighted by Crippen LogP contribution is 2.35. The van der Waals surface area contributed by atoms with E-state index in [1.165, 1.54) is 25.3 Å². The molecular weight excluding hydrogens is 501 g/mol. The first-order chi connectivity index (χ1) is 17.5. The highest BCUT2D eigenvalue weighted by molar-refractivity contribution is 7.90. The molecule has 0 unspecified atom stereocenters. The number of benzene rings is 2. The van der Waals surface area contributed by atoms with Crippen LogP contribution < -0.4 is 5.73 Å². The van der Waals surface area contributed by atoms with Crippen molar-refractivity contribution in [2.24, 2.45) is 11.7 Å². The van der Waals surface area contributed by atoms with Crippen LogP contribution in [0.25, 0.3) is 22.3 Å². The molecule has 6 nitrogen and oxygen atoms in total. The van der Waals surface area contributed by atoms with Crippen LogP contribution in [0.15, 0.2) is 47.5 Å². The Morgan fingerprint density at radius 2 is 1.78 bits per heavy atom. The van der Waals surface area contributed by atoms with E-state index in [0.717, 1.165) is 41.3 Å². The predicted molar refractivity (Wildman–Crippen MR) is 135 cm³/mol. The Morgan fingerprint density at radius 3 is 2.49 bits per heavy atom. The number of nitrogens with two attached hydrogens (primary N) is 1. The van der Waals surface area contributed by atoms with Gasteiger partial charge in [0.1, 0.15) is 11.3 Å². The summed E-state index contributed by atoms with van der Waals surface area (Å²) < 4.78 is 72.3. The second-order valence-electron chi connectivity index (χ2n) is 9.83. The number of aromatic nitrogens is 3. The number of fused-ring (bicyclic) bond motifs is 1. The van der Waals surface area contributed by atoms with Crippen LogP contribution in [0.4, 0.5) is 13.2 Å². The van der Waals surface area contributed by atoms with Crippen molar-refractivity contribution >= 4 is 20.9 Å². The van der Waals surface area contributed by atoms with Crippen LogP contribution in [0.5, 0.6) is 0 Å². The SMILES string of the molecule is Cc1ccc(S(=O)(=O)n2cc(-c3nc(C)c(F)c(C[C@H]4CCC[C@@H](N)C4)n3)c3cc(F)cc(F)c32)cc1. The minimum absolute atomic E-state index is 0.00173. The maximum Gasteiger partial charge on any atom is 0.268 e. The first-order valence-electron chi connectivity index (χ1n) is 12.2. The van der Waals surface area contributed by atoms with E-state index in [0.29, 0.717) is 12.5 Å². The van der Waals surface area contributed by atoms with Gasteiger partial charge in [0.15, 0.2) is 17.5 Å². The van der Waals surface area contributed by atoms with Gasteiger partial charge in [-0.05, 0) is 63.6 Å². The van der Waals surface area contributed by atoms with E-state index in [-0.39, 0.29) is 50.5 Å². The minimum Gasteiger partial charge on any atom is -0.328 e.